The van der Waals surface area contributed by atoms with E-state index in [1.807, 2.05) is 0 Å². The average Bonchev–Trinajstić information content (AvgIpc) is 3.00. The third kappa shape index (κ3) is 2.42. The molecule has 2 aliphatic carbocycles. The fraction of sp³-hybridized carbons (Fsp3) is 0.462. The Morgan fingerprint density at radius 3 is 2.89 bits per heavy atom. The van der Waals surface area contributed by atoms with E-state index in [9.17, 15) is 4.79 Å². The second-order valence-electron chi connectivity index (χ2n) is 4.93. The van der Waals surface area contributed by atoms with Crippen molar-refractivity contribution in [2.24, 2.45) is 17.8 Å². The van der Waals surface area contributed by atoms with Crippen LogP contribution in [0.1, 0.15) is 12.8 Å². The highest BCUT2D eigenvalue weighted by Gasteiger charge is 2.39. The summed E-state index contributed by atoms with van der Waals surface area (Å²) >= 11 is 5.84. The van der Waals surface area contributed by atoms with Crippen LogP contribution in [0.5, 0.6) is 5.88 Å². The highest BCUT2D eigenvalue weighted by molar-refractivity contribution is 6.29. The molecule has 6 heteroatoms. The van der Waals surface area contributed by atoms with Gasteiger partial charge in [0.15, 0.2) is 0 Å². The Bertz CT molecular complexity index is 547. The summed E-state index contributed by atoms with van der Waals surface area (Å²) < 4.78 is 4.99. The van der Waals surface area contributed by atoms with Gasteiger partial charge in [-0.3, -0.25) is 10.1 Å². The summed E-state index contributed by atoms with van der Waals surface area (Å²) in [4.78, 5) is 20.2. The first-order valence-corrected chi connectivity index (χ1v) is 6.61. The number of amides is 1. The highest BCUT2D eigenvalue weighted by Crippen LogP contribution is 2.43. The van der Waals surface area contributed by atoms with E-state index < -0.39 is 0 Å². The maximum Gasteiger partial charge on any atom is 0.234 e. The van der Waals surface area contributed by atoms with E-state index in [1.165, 1.54) is 13.2 Å². The van der Waals surface area contributed by atoms with Crippen LogP contribution in [-0.2, 0) is 4.79 Å². The molecule has 1 heterocycles. The quantitative estimate of drug-likeness (QED) is 0.681. The molecule has 0 spiro atoms. The number of rotatable bonds is 3. The summed E-state index contributed by atoms with van der Waals surface area (Å²) in [5.74, 6) is 1.41. The van der Waals surface area contributed by atoms with Crippen LogP contribution < -0.4 is 10.1 Å². The number of carbonyl (C=O) groups excluding carboxylic acids is 1. The van der Waals surface area contributed by atoms with Gasteiger partial charge in [-0.15, -0.1) is 0 Å². The summed E-state index contributed by atoms with van der Waals surface area (Å²) in [5.41, 5.74) is 0. The molecule has 1 aromatic rings. The number of fused-ring (bicyclic) bond motifs is 2. The van der Waals surface area contributed by atoms with Crippen LogP contribution in [0, 0.1) is 17.8 Å². The summed E-state index contributed by atoms with van der Waals surface area (Å²) in [7, 11) is 1.49. The molecule has 0 radical (unpaired) electrons. The fourth-order valence-electron chi connectivity index (χ4n) is 2.84. The number of anilines is 1. The largest absolute Gasteiger partial charge is 0.481 e. The summed E-state index contributed by atoms with van der Waals surface area (Å²) in [6.45, 7) is 0. The zero-order valence-electron chi connectivity index (χ0n) is 10.5. The molecule has 0 aromatic carbocycles. The predicted octanol–water partition coefficient (Wildman–Crippen LogP) is 2.29. The topological polar surface area (TPSA) is 64.1 Å². The van der Waals surface area contributed by atoms with E-state index in [-0.39, 0.29) is 22.9 Å². The second kappa shape index (κ2) is 4.81. The van der Waals surface area contributed by atoms with Gasteiger partial charge in [0.25, 0.3) is 0 Å². The molecule has 5 nitrogen and oxygen atoms in total. The van der Waals surface area contributed by atoms with Crippen LogP contribution >= 0.6 is 11.6 Å². The molecule has 2 aliphatic rings. The third-order valence-electron chi connectivity index (χ3n) is 3.73. The van der Waals surface area contributed by atoms with Crippen molar-refractivity contribution in [3.8, 4) is 5.88 Å². The number of allylic oxidation sites excluding steroid dienone is 2. The van der Waals surface area contributed by atoms with Crippen LogP contribution in [0.25, 0.3) is 0 Å². The number of ether oxygens (including phenoxy) is 1. The highest BCUT2D eigenvalue weighted by atomic mass is 35.5. The monoisotopic (exact) mass is 279 g/mol. The van der Waals surface area contributed by atoms with Gasteiger partial charge in [0.1, 0.15) is 5.15 Å². The molecule has 2 bridgehead atoms. The van der Waals surface area contributed by atoms with E-state index in [1.54, 1.807) is 0 Å². The minimum Gasteiger partial charge on any atom is -0.481 e. The normalized spacial score (nSPS) is 27.6. The minimum absolute atomic E-state index is 0.0172. The van der Waals surface area contributed by atoms with Gasteiger partial charge >= 0.3 is 0 Å². The molecule has 0 saturated heterocycles. The molecule has 0 aliphatic heterocycles. The fourth-order valence-corrected chi connectivity index (χ4v) is 3.02. The Kier molecular flexibility index (Phi) is 3.14. The molecule has 1 fully saturated rings. The van der Waals surface area contributed by atoms with Crippen LogP contribution in [0.2, 0.25) is 5.15 Å². The molecule has 3 unspecified atom stereocenters. The van der Waals surface area contributed by atoms with E-state index in [0.717, 1.165) is 12.8 Å². The first-order chi connectivity index (χ1) is 9.15. The lowest BCUT2D eigenvalue weighted by Gasteiger charge is -2.16. The van der Waals surface area contributed by atoms with Gasteiger partial charge < -0.3 is 4.74 Å². The first-order valence-electron chi connectivity index (χ1n) is 6.23. The maximum atomic E-state index is 12.2. The van der Waals surface area contributed by atoms with E-state index in [2.05, 4.69) is 27.4 Å². The van der Waals surface area contributed by atoms with Crippen molar-refractivity contribution in [2.75, 3.05) is 12.4 Å². The third-order valence-corrected chi connectivity index (χ3v) is 3.92. The Balaban J connectivity index is 1.73. The Labute approximate surface area is 116 Å². The van der Waals surface area contributed by atoms with Gasteiger partial charge in [-0.2, -0.15) is 4.98 Å². The van der Waals surface area contributed by atoms with Gasteiger partial charge in [-0.25, -0.2) is 4.98 Å². The van der Waals surface area contributed by atoms with Crippen molar-refractivity contribution < 1.29 is 9.53 Å². The molecular formula is C13H14ClN3O2. The number of nitrogens with zero attached hydrogens (tertiary/aromatic N) is 2. The lowest BCUT2D eigenvalue weighted by atomic mass is 9.93. The average molecular weight is 280 g/mol. The van der Waals surface area contributed by atoms with Crippen molar-refractivity contribution in [3.05, 3.63) is 23.4 Å². The number of halogens is 1. The lowest BCUT2D eigenvalue weighted by molar-refractivity contribution is -0.120. The van der Waals surface area contributed by atoms with Gasteiger partial charge in [0.2, 0.25) is 17.7 Å². The van der Waals surface area contributed by atoms with Gasteiger partial charge in [-0.1, -0.05) is 23.8 Å². The van der Waals surface area contributed by atoms with Crippen molar-refractivity contribution >= 4 is 23.5 Å². The number of aromatic nitrogens is 2. The summed E-state index contributed by atoms with van der Waals surface area (Å²) in [6.07, 6.45) is 6.33. The molecule has 3 atom stereocenters. The molecular weight excluding hydrogens is 266 g/mol. The van der Waals surface area contributed by atoms with Crippen molar-refractivity contribution in [3.63, 3.8) is 0 Å². The van der Waals surface area contributed by atoms with Crippen LogP contribution in [0.4, 0.5) is 5.95 Å². The standard InChI is InChI=1S/C13H14ClN3O2/c1-19-11-6-10(14)15-13(16-11)17-12(18)9-5-7-2-3-8(9)4-7/h2-3,6-9H,4-5H2,1H3,(H,15,16,17,18). The van der Waals surface area contributed by atoms with E-state index in [0.29, 0.717) is 17.7 Å². The molecule has 1 saturated carbocycles. The SMILES string of the molecule is COc1cc(Cl)nc(NC(=O)C2CC3C=CC2C3)n1. The van der Waals surface area contributed by atoms with Gasteiger partial charge in [0.05, 0.1) is 7.11 Å². The van der Waals surface area contributed by atoms with Crippen LogP contribution in [0.15, 0.2) is 18.2 Å². The van der Waals surface area contributed by atoms with Gasteiger partial charge in [0, 0.05) is 12.0 Å². The van der Waals surface area contributed by atoms with E-state index in [4.69, 9.17) is 16.3 Å². The molecule has 1 aromatic heterocycles. The zero-order valence-corrected chi connectivity index (χ0v) is 11.2. The molecule has 1 N–H and O–H groups in total. The van der Waals surface area contributed by atoms with Crippen molar-refractivity contribution in [1.29, 1.82) is 0 Å². The molecule has 3 rings (SSSR count). The second-order valence-corrected chi connectivity index (χ2v) is 5.32. The number of hydrogen-bond donors (Lipinski definition) is 1. The Hall–Kier alpha value is -1.62. The van der Waals surface area contributed by atoms with Crippen molar-refractivity contribution in [1.82, 2.24) is 9.97 Å². The summed E-state index contributed by atoms with van der Waals surface area (Å²) in [5, 5.41) is 2.97. The number of hydrogen-bond acceptors (Lipinski definition) is 4. The van der Waals surface area contributed by atoms with Crippen LogP contribution in [0.3, 0.4) is 0 Å². The van der Waals surface area contributed by atoms with E-state index >= 15 is 0 Å². The maximum absolute atomic E-state index is 12.2. The number of nitrogens with one attached hydrogen (secondary N) is 1. The summed E-state index contributed by atoms with van der Waals surface area (Å²) in [6, 6.07) is 1.50. The zero-order chi connectivity index (χ0) is 13.4. The Morgan fingerprint density at radius 1 is 1.42 bits per heavy atom. The predicted molar refractivity (Wildman–Crippen MR) is 71.1 cm³/mol. The van der Waals surface area contributed by atoms with Crippen LogP contribution in [-0.4, -0.2) is 23.0 Å². The lowest BCUT2D eigenvalue weighted by Crippen LogP contribution is -2.26. The first kappa shape index (κ1) is 12.4. The smallest absolute Gasteiger partial charge is 0.234 e. The minimum atomic E-state index is -0.0406. The molecule has 19 heavy (non-hydrogen) atoms. The Morgan fingerprint density at radius 2 is 2.26 bits per heavy atom. The molecule has 100 valence electrons. The van der Waals surface area contributed by atoms with Gasteiger partial charge in [-0.05, 0) is 24.7 Å². The van der Waals surface area contributed by atoms with Crippen molar-refractivity contribution in [2.45, 2.75) is 12.8 Å². The number of methoxy groups -OCH3 is 1. The number of carbonyl (C=O) groups is 1. The molecule has 1 amide bonds.